The van der Waals surface area contributed by atoms with Crippen LogP contribution in [-0.2, 0) is 13.5 Å². The highest BCUT2D eigenvalue weighted by atomic mass is 35.5. The van der Waals surface area contributed by atoms with Crippen LogP contribution < -0.4 is 5.32 Å². The van der Waals surface area contributed by atoms with Crippen molar-refractivity contribution in [2.75, 3.05) is 6.54 Å². The van der Waals surface area contributed by atoms with E-state index in [0.717, 1.165) is 5.69 Å². The maximum absolute atomic E-state index is 12.0. The minimum absolute atomic E-state index is 0.106. The molecular weight excluding hydrogens is 298 g/mol. The number of halogens is 1. The lowest BCUT2D eigenvalue weighted by Crippen LogP contribution is -2.27. The summed E-state index contributed by atoms with van der Waals surface area (Å²) in [5, 5.41) is 17.3. The summed E-state index contributed by atoms with van der Waals surface area (Å²) < 4.78 is 1.69. The van der Waals surface area contributed by atoms with E-state index in [1.165, 1.54) is 12.3 Å². The van der Waals surface area contributed by atoms with Crippen LogP contribution in [0.2, 0.25) is 5.15 Å². The van der Waals surface area contributed by atoms with E-state index in [1.807, 2.05) is 6.07 Å². The molecule has 110 valence electrons. The summed E-state index contributed by atoms with van der Waals surface area (Å²) in [4.78, 5) is 25.8. The number of rotatable bonds is 5. The molecule has 0 atom stereocenters. The zero-order valence-corrected chi connectivity index (χ0v) is 11.9. The van der Waals surface area contributed by atoms with Gasteiger partial charge in [-0.25, -0.2) is 4.98 Å². The highest BCUT2D eigenvalue weighted by molar-refractivity contribution is 6.32. The molecule has 2 aromatic heterocycles. The Morgan fingerprint density at radius 3 is 2.86 bits per heavy atom. The number of pyridine rings is 1. The lowest BCUT2D eigenvalue weighted by atomic mass is 10.2. The van der Waals surface area contributed by atoms with Gasteiger partial charge in [-0.05, 0) is 12.1 Å². The molecule has 0 fully saturated rings. The van der Waals surface area contributed by atoms with Crippen molar-refractivity contribution in [3.05, 3.63) is 51.1 Å². The average Bonchev–Trinajstić information content (AvgIpc) is 2.83. The maximum atomic E-state index is 12.0. The van der Waals surface area contributed by atoms with Gasteiger partial charge in [0, 0.05) is 38.1 Å². The molecule has 0 aromatic carbocycles. The molecule has 2 aromatic rings. The number of carbonyl (C=O) groups is 1. The minimum Gasteiger partial charge on any atom is -0.351 e. The van der Waals surface area contributed by atoms with E-state index in [9.17, 15) is 14.9 Å². The number of hydrogen-bond acceptors (Lipinski definition) is 5. The second-order valence-corrected chi connectivity index (χ2v) is 4.57. The van der Waals surface area contributed by atoms with Crippen LogP contribution in [0.5, 0.6) is 0 Å². The van der Waals surface area contributed by atoms with Crippen LogP contribution in [-0.4, -0.2) is 32.1 Å². The fourth-order valence-corrected chi connectivity index (χ4v) is 2.06. The fourth-order valence-electron chi connectivity index (χ4n) is 1.83. The maximum Gasteiger partial charge on any atom is 0.319 e. The van der Waals surface area contributed by atoms with Crippen molar-refractivity contribution in [3.8, 4) is 0 Å². The van der Waals surface area contributed by atoms with Crippen molar-refractivity contribution in [2.24, 2.45) is 7.05 Å². The lowest BCUT2D eigenvalue weighted by Gasteiger charge is -2.06. The monoisotopic (exact) mass is 309 g/mol. The normalized spacial score (nSPS) is 10.4. The SMILES string of the molecule is Cn1nccc1CCNC(=O)c1ccnc(Cl)c1[N+](=O)[O-]. The summed E-state index contributed by atoms with van der Waals surface area (Å²) in [6, 6.07) is 3.10. The van der Waals surface area contributed by atoms with E-state index in [0.29, 0.717) is 13.0 Å². The molecular formula is C12H12ClN5O3. The number of amides is 1. The first-order chi connectivity index (χ1) is 10.0. The number of hydrogen-bond donors (Lipinski definition) is 1. The summed E-state index contributed by atoms with van der Waals surface area (Å²) in [5.41, 5.74) is 0.347. The first-order valence-corrected chi connectivity index (χ1v) is 6.42. The Hall–Kier alpha value is -2.48. The predicted octanol–water partition coefficient (Wildman–Crippen LogP) is 1.35. The molecule has 0 unspecified atom stereocenters. The molecule has 0 spiro atoms. The molecule has 2 rings (SSSR count). The van der Waals surface area contributed by atoms with Crippen LogP contribution >= 0.6 is 11.6 Å². The van der Waals surface area contributed by atoms with Crippen molar-refractivity contribution in [1.29, 1.82) is 0 Å². The Morgan fingerprint density at radius 2 is 2.24 bits per heavy atom. The van der Waals surface area contributed by atoms with Crippen molar-refractivity contribution >= 4 is 23.2 Å². The minimum atomic E-state index is -0.717. The van der Waals surface area contributed by atoms with Crippen LogP contribution in [0, 0.1) is 10.1 Å². The van der Waals surface area contributed by atoms with Gasteiger partial charge in [0.2, 0.25) is 5.15 Å². The molecule has 0 radical (unpaired) electrons. The van der Waals surface area contributed by atoms with Crippen LogP contribution in [0.3, 0.4) is 0 Å². The Balaban J connectivity index is 2.06. The third kappa shape index (κ3) is 3.34. The molecule has 9 heteroatoms. The van der Waals surface area contributed by atoms with Crippen LogP contribution in [0.1, 0.15) is 16.1 Å². The molecule has 2 heterocycles. The van der Waals surface area contributed by atoms with Gasteiger partial charge in [-0.15, -0.1) is 0 Å². The fraction of sp³-hybridized carbons (Fsp3) is 0.250. The Kier molecular flexibility index (Phi) is 4.49. The molecule has 21 heavy (non-hydrogen) atoms. The molecule has 0 saturated heterocycles. The van der Waals surface area contributed by atoms with Gasteiger partial charge in [-0.2, -0.15) is 5.10 Å². The van der Waals surface area contributed by atoms with E-state index in [-0.39, 0.29) is 10.7 Å². The van der Waals surface area contributed by atoms with Gasteiger partial charge < -0.3 is 5.32 Å². The smallest absolute Gasteiger partial charge is 0.319 e. The van der Waals surface area contributed by atoms with Gasteiger partial charge in [-0.1, -0.05) is 11.6 Å². The molecule has 0 aliphatic carbocycles. The van der Waals surface area contributed by atoms with Crippen LogP contribution in [0.4, 0.5) is 5.69 Å². The Morgan fingerprint density at radius 1 is 1.48 bits per heavy atom. The van der Waals surface area contributed by atoms with Crippen LogP contribution in [0.15, 0.2) is 24.5 Å². The van der Waals surface area contributed by atoms with E-state index >= 15 is 0 Å². The highest BCUT2D eigenvalue weighted by Gasteiger charge is 2.24. The van der Waals surface area contributed by atoms with Crippen molar-refractivity contribution in [2.45, 2.75) is 6.42 Å². The van der Waals surface area contributed by atoms with Gasteiger partial charge in [0.05, 0.1) is 4.92 Å². The second-order valence-electron chi connectivity index (χ2n) is 4.21. The van der Waals surface area contributed by atoms with Gasteiger partial charge in [0.1, 0.15) is 5.56 Å². The quantitative estimate of drug-likeness (QED) is 0.510. The lowest BCUT2D eigenvalue weighted by molar-refractivity contribution is -0.385. The van der Waals surface area contributed by atoms with E-state index < -0.39 is 16.5 Å². The largest absolute Gasteiger partial charge is 0.351 e. The first kappa shape index (κ1) is 14.9. The number of carbonyl (C=O) groups excluding carboxylic acids is 1. The third-order valence-corrected chi connectivity index (χ3v) is 3.17. The number of aromatic nitrogens is 3. The Bertz CT molecular complexity index is 685. The van der Waals surface area contributed by atoms with Crippen molar-refractivity contribution in [3.63, 3.8) is 0 Å². The predicted molar refractivity (Wildman–Crippen MR) is 75.1 cm³/mol. The number of aryl methyl sites for hydroxylation is 1. The van der Waals surface area contributed by atoms with Crippen molar-refractivity contribution in [1.82, 2.24) is 20.1 Å². The molecule has 0 aliphatic rings. The van der Waals surface area contributed by atoms with Crippen LogP contribution in [0.25, 0.3) is 0 Å². The number of nitro groups is 1. The zero-order chi connectivity index (χ0) is 15.4. The van der Waals surface area contributed by atoms with Crippen molar-refractivity contribution < 1.29 is 9.72 Å². The highest BCUT2D eigenvalue weighted by Crippen LogP contribution is 2.25. The number of nitrogens with one attached hydrogen (secondary N) is 1. The summed E-state index contributed by atoms with van der Waals surface area (Å²) in [6.07, 6.45) is 3.48. The third-order valence-electron chi connectivity index (χ3n) is 2.90. The average molecular weight is 310 g/mol. The zero-order valence-electron chi connectivity index (χ0n) is 11.1. The number of nitrogens with zero attached hydrogens (tertiary/aromatic N) is 4. The molecule has 1 amide bonds. The second kappa shape index (κ2) is 6.31. The van der Waals surface area contributed by atoms with Gasteiger partial charge >= 0.3 is 5.69 Å². The first-order valence-electron chi connectivity index (χ1n) is 6.04. The van der Waals surface area contributed by atoms with Gasteiger partial charge in [0.15, 0.2) is 0 Å². The Labute approximate surface area is 124 Å². The topological polar surface area (TPSA) is 103 Å². The molecule has 8 nitrogen and oxygen atoms in total. The standard InChI is InChI=1S/C12H12ClN5O3/c1-17-8(3-7-16-17)2-5-15-12(19)9-4-6-14-11(13)10(9)18(20)21/h3-4,6-7H,2,5H2,1H3,(H,15,19). The van der Waals surface area contributed by atoms with E-state index in [2.05, 4.69) is 15.4 Å². The van der Waals surface area contributed by atoms with E-state index in [1.54, 1.807) is 17.9 Å². The summed E-state index contributed by atoms with van der Waals surface area (Å²) in [5.74, 6) is -0.562. The molecule has 0 bridgehead atoms. The molecule has 0 aliphatic heterocycles. The van der Waals surface area contributed by atoms with E-state index in [4.69, 9.17) is 11.6 Å². The summed E-state index contributed by atoms with van der Waals surface area (Å²) in [6.45, 7) is 0.329. The van der Waals surface area contributed by atoms with Gasteiger partial charge in [0.25, 0.3) is 5.91 Å². The summed E-state index contributed by atoms with van der Waals surface area (Å²) >= 11 is 5.66. The molecule has 0 saturated carbocycles. The molecule has 1 N–H and O–H groups in total. The van der Waals surface area contributed by atoms with Gasteiger partial charge in [-0.3, -0.25) is 19.6 Å². The summed E-state index contributed by atoms with van der Waals surface area (Å²) in [7, 11) is 1.80.